The van der Waals surface area contributed by atoms with E-state index in [4.69, 9.17) is 18.0 Å². The molecular formula is C15H25N3S2. The van der Waals surface area contributed by atoms with Gasteiger partial charge in [-0.15, -0.1) is 11.8 Å². The summed E-state index contributed by atoms with van der Waals surface area (Å²) in [5, 5.41) is 3.51. The summed E-state index contributed by atoms with van der Waals surface area (Å²) in [6, 6.07) is 6.13. The van der Waals surface area contributed by atoms with E-state index in [1.54, 1.807) is 11.8 Å². The number of thioether (sulfide) groups is 1. The number of rotatable bonds is 7. The second kappa shape index (κ2) is 7.29. The molecule has 112 valence electrons. The van der Waals surface area contributed by atoms with Gasteiger partial charge in [-0.1, -0.05) is 32.1 Å². The second-order valence-electron chi connectivity index (χ2n) is 6.00. The maximum atomic E-state index is 5.88. The van der Waals surface area contributed by atoms with Crippen molar-refractivity contribution in [1.82, 2.24) is 4.90 Å². The molecule has 1 rings (SSSR count). The van der Waals surface area contributed by atoms with Gasteiger partial charge in [0.15, 0.2) is 0 Å². The predicted octanol–water partition coefficient (Wildman–Crippen LogP) is 3.04. The van der Waals surface area contributed by atoms with Gasteiger partial charge in [0.1, 0.15) is 4.99 Å². The van der Waals surface area contributed by atoms with Gasteiger partial charge in [-0.25, -0.2) is 0 Å². The number of hydrogen-bond acceptors (Lipinski definition) is 4. The molecule has 0 bridgehead atoms. The van der Waals surface area contributed by atoms with Crippen molar-refractivity contribution in [2.45, 2.75) is 18.7 Å². The van der Waals surface area contributed by atoms with Crippen LogP contribution in [0, 0.1) is 5.41 Å². The Balaban J connectivity index is 2.90. The van der Waals surface area contributed by atoms with Gasteiger partial charge in [0.25, 0.3) is 0 Å². The maximum Gasteiger partial charge on any atom is 0.107 e. The normalized spacial score (nSPS) is 11.7. The van der Waals surface area contributed by atoms with Crippen LogP contribution in [0.2, 0.25) is 0 Å². The largest absolute Gasteiger partial charge is 0.389 e. The first-order valence-corrected chi connectivity index (χ1v) is 8.25. The summed E-state index contributed by atoms with van der Waals surface area (Å²) in [6.45, 7) is 6.39. The molecule has 0 saturated heterocycles. The molecule has 0 heterocycles. The Bertz CT molecular complexity index is 470. The third-order valence-corrected chi connectivity index (χ3v) is 3.98. The van der Waals surface area contributed by atoms with Crippen molar-refractivity contribution >= 4 is 34.7 Å². The van der Waals surface area contributed by atoms with Crippen LogP contribution in [0.15, 0.2) is 23.1 Å². The Kier molecular flexibility index (Phi) is 6.30. The molecule has 20 heavy (non-hydrogen) atoms. The Hall–Kier alpha value is -0.780. The fourth-order valence-corrected chi connectivity index (χ4v) is 3.27. The number of hydrogen-bond donors (Lipinski definition) is 2. The summed E-state index contributed by atoms with van der Waals surface area (Å²) in [5.41, 5.74) is 8.03. The van der Waals surface area contributed by atoms with Gasteiger partial charge in [0, 0.05) is 29.2 Å². The molecule has 3 N–H and O–H groups in total. The summed E-state index contributed by atoms with van der Waals surface area (Å²) >= 11 is 6.86. The van der Waals surface area contributed by atoms with Crippen molar-refractivity contribution in [3.63, 3.8) is 0 Å². The first-order valence-electron chi connectivity index (χ1n) is 6.62. The van der Waals surface area contributed by atoms with E-state index in [0.717, 1.165) is 29.2 Å². The van der Waals surface area contributed by atoms with E-state index in [9.17, 15) is 0 Å². The number of thiocarbonyl (C=S) groups is 1. The lowest BCUT2D eigenvalue weighted by Gasteiger charge is -2.29. The van der Waals surface area contributed by atoms with Crippen molar-refractivity contribution in [2.24, 2.45) is 11.1 Å². The molecule has 0 unspecified atom stereocenters. The lowest BCUT2D eigenvalue weighted by Crippen LogP contribution is -2.34. The van der Waals surface area contributed by atoms with Crippen LogP contribution in [0.4, 0.5) is 5.69 Å². The average Bonchev–Trinajstić information content (AvgIpc) is 2.34. The fourth-order valence-electron chi connectivity index (χ4n) is 2.35. The Labute approximate surface area is 132 Å². The molecule has 0 fully saturated rings. The third-order valence-electron chi connectivity index (χ3n) is 2.99. The van der Waals surface area contributed by atoms with E-state index >= 15 is 0 Å². The van der Waals surface area contributed by atoms with E-state index in [0.29, 0.717) is 4.99 Å². The molecule has 0 radical (unpaired) electrons. The van der Waals surface area contributed by atoms with E-state index in [-0.39, 0.29) is 5.41 Å². The first kappa shape index (κ1) is 17.3. The molecule has 0 aliphatic heterocycles. The molecule has 1 aromatic carbocycles. The van der Waals surface area contributed by atoms with Crippen LogP contribution in [0.3, 0.4) is 0 Å². The summed E-state index contributed by atoms with van der Waals surface area (Å²) in [7, 11) is 4.19. The highest BCUT2D eigenvalue weighted by molar-refractivity contribution is 7.98. The molecule has 5 heteroatoms. The van der Waals surface area contributed by atoms with Gasteiger partial charge >= 0.3 is 0 Å². The zero-order valence-electron chi connectivity index (χ0n) is 13.0. The minimum absolute atomic E-state index is 0.173. The molecule has 0 spiro atoms. The highest BCUT2D eigenvalue weighted by Gasteiger charge is 2.20. The zero-order valence-corrected chi connectivity index (χ0v) is 14.6. The van der Waals surface area contributed by atoms with E-state index in [1.165, 1.54) is 0 Å². The fraction of sp³-hybridized carbons (Fsp3) is 0.533. The van der Waals surface area contributed by atoms with Gasteiger partial charge in [-0.2, -0.15) is 0 Å². The van der Waals surface area contributed by atoms with Crippen molar-refractivity contribution in [3.05, 3.63) is 23.8 Å². The topological polar surface area (TPSA) is 41.3 Å². The van der Waals surface area contributed by atoms with Gasteiger partial charge in [0.05, 0.1) is 0 Å². The third kappa shape index (κ3) is 4.96. The van der Waals surface area contributed by atoms with E-state index in [1.807, 2.05) is 18.4 Å². The quantitative estimate of drug-likeness (QED) is 0.598. The molecule has 0 saturated carbocycles. The molecule has 0 aromatic heterocycles. The van der Waals surface area contributed by atoms with E-state index in [2.05, 4.69) is 44.2 Å². The molecule has 1 aromatic rings. The number of nitrogens with one attached hydrogen (secondary N) is 1. The van der Waals surface area contributed by atoms with Crippen molar-refractivity contribution in [3.8, 4) is 0 Å². The first-order chi connectivity index (χ1) is 9.26. The summed E-state index contributed by atoms with van der Waals surface area (Å²) in [6.07, 6.45) is 2.04. The molecule has 0 atom stereocenters. The predicted molar refractivity (Wildman–Crippen MR) is 94.9 cm³/mol. The Morgan fingerprint density at radius 3 is 2.55 bits per heavy atom. The summed E-state index contributed by atoms with van der Waals surface area (Å²) in [4.78, 5) is 3.77. The van der Waals surface area contributed by atoms with Crippen molar-refractivity contribution in [2.75, 3.05) is 38.8 Å². The van der Waals surface area contributed by atoms with Crippen LogP contribution in [-0.2, 0) is 0 Å². The van der Waals surface area contributed by atoms with Crippen LogP contribution in [0.1, 0.15) is 19.4 Å². The summed E-state index contributed by atoms with van der Waals surface area (Å²) < 4.78 is 0. The summed E-state index contributed by atoms with van der Waals surface area (Å²) in [5.74, 6) is 0. The van der Waals surface area contributed by atoms with Crippen LogP contribution in [0.5, 0.6) is 0 Å². The lowest BCUT2D eigenvalue weighted by atomic mass is 9.92. The van der Waals surface area contributed by atoms with Gasteiger partial charge in [-0.3, -0.25) is 0 Å². The minimum Gasteiger partial charge on any atom is -0.389 e. The van der Waals surface area contributed by atoms with Gasteiger partial charge in [-0.05, 0) is 37.9 Å². The second-order valence-corrected chi connectivity index (χ2v) is 7.29. The van der Waals surface area contributed by atoms with Gasteiger partial charge in [0.2, 0.25) is 0 Å². The number of nitrogens with zero attached hydrogens (tertiary/aromatic N) is 1. The van der Waals surface area contributed by atoms with E-state index < -0.39 is 0 Å². The number of anilines is 1. The zero-order chi connectivity index (χ0) is 15.3. The smallest absolute Gasteiger partial charge is 0.107 e. The Morgan fingerprint density at radius 1 is 1.40 bits per heavy atom. The van der Waals surface area contributed by atoms with Gasteiger partial charge < -0.3 is 16.0 Å². The number of nitrogens with two attached hydrogens (primary N) is 1. The lowest BCUT2D eigenvalue weighted by molar-refractivity contribution is 0.254. The van der Waals surface area contributed by atoms with Crippen LogP contribution < -0.4 is 11.1 Å². The van der Waals surface area contributed by atoms with Crippen molar-refractivity contribution < 1.29 is 0 Å². The molecular weight excluding hydrogens is 286 g/mol. The van der Waals surface area contributed by atoms with Crippen LogP contribution in [-0.4, -0.2) is 43.3 Å². The molecule has 0 amide bonds. The SMILES string of the molecule is CSc1cccc(NCC(C)(C)CN(C)C)c1C(N)=S. The minimum atomic E-state index is 0.173. The Morgan fingerprint density at radius 2 is 2.05 bits per heavy atom. The highest BCUT2D eigenvalue weighted by atomic mass is 32.2. The average molecular weight is 312 g/mol. The van der Waals surface area contributed by atoms with Crippen molar-refractivity contribution in [1.29, 1.82) is 0 Å². The molecule has 0 aliphatic carbocycles. The van der Waals surface area contributed by atoms with Crippen LogP contribution in [0.25, 0.3) is 0 Å². The number of benzene rings is 1. The molecule has 3 nitrogen and oxygen atoms in total. The maximum absolute atomic E-state index is 5.88. The highest BCUT2D eigenvalue weighted by Crippen LogP contribution is 2.28. The molecule has 0 aliphatic rings. The van der Waals surface area contributed by atoms with Crippen LogP contribution >= 0.6 is 24.0 Å². The monoisotopic (exact) mass is 311 g/mol. The standard InChI is InChI=1S/C15H25N3S2/c1-15(2,10-18(3)4)9-17-11-7-6-8-12(20-5)13(11)14(16)19/h6-8,17H,9-10H2,1-5H3,(H2,16,19).